The number of primary sulfonamides is 1. The summed E-state index contributed by atoms with van der Waals surface area (Å²) in [4.78, 5) is 16.5. The van der Waals surface area contributed by atoms with E-state index in [1.54, 1.807) is 30.6 Å². The van der Waals surface area contributed by atoms with Gasteiger partial charge in [-0.25, -0.2) is 13.6 Å². The minimum Gasteiger partial charge on any atom is -0.504 e. The number of amides is 1. The van der Waals surface area contributed by atoms with Crippen molar-refractivity contribution in [3.8, 4) is 11.5 Å². The van der Waals surface area contributed by atoms with Gasteiger partial charge in [0.25, 0.3) is 0 Å². The lowest BCUT2D eigenvalue weighted by Gasteiger charge is -2.10. The van der Waals surface area contributed by atoms with E-state index in [0.717, 1.165) is 0 Å². The lowest BCUT2D eigenvalue weighted by molar-refractivity contribution is -0.111. The maximum Gasteiger partial charge on any atom is 0.249 e. The number of sulfonamides is 1. The molecule has 1 heterocycles. The second kappa shape index (κ2) is 9.53. The normalized spacial score (nSPS) is 11.4. The number of carbonyl (C=O) groups is 1. The largest absolute Gasteiger partial charge is 0.504 e. The van der Waals surface area contributed by atoms with Crippen molar-refractivity contribution in [3.05, 3.63) is 84.2 Å². The van der Waals surface area contributed by atoms with Crippen LogP contribution < -0.4 is 10.5 Å². The number of nitrogens with zero attached hydrogens (tertiary/aromatic N) is 1. The number of carbonyl (C=O) groups excluding carboxylic acids is 1. The molecule has 0 spiro atoms. The van der Waals surface area contributed by atoms with Gasteiger partial charge in [-0.1, -0.05) is 12.1 Å². The van der Waals surface area contributed by atoms with Crippen molar-refractivity contribution in [3.63, 3.8) is 0 Å². The Bertz CT molecular complexity index is 1180. The SMILES string of the molecule is Br.NS(=O)(=O)c1ccc(NC(=O)/C=C(\c2cccnc2)c2ccc(O)c(O)c2)cc1. The van der Waals surface area contributed by atoms with Crippen LogP contribution >= 0.6 is 17.0 Å². The first-order valence-electron chi connectivity index (χ1n) is 8.32. The Hall–Kier alpha value is -3.21. The van der Waals surface area contributed by atoms with Gasteiger partial charge in [-0.2, -0.15) is 0 Å². The minimum absolute atomic E-state index is 0. The maximum absolute atomic E-state index is 12.5. The summed E-state index contributed by atoms with van der Waals surface area (Å²) in [7, 11) is -3.82. The van der Waals surface area contributed by atoms with Gasteiger partial charge in [0, 0.05) is 29.7 Å². The zero-order valence-electron chi connectivity index (χ0n) is 15.4. The van der Waals surface area contributed by atoms with E-state index in [0.29, 0.717) is 22.4 Å². The van der Waals surface area contributed by atoms with E-state index < -0.39 is 15.9 Å². The summed E-state index contributed by atoms with van der Waals surface area (Å²) in [6, 6.07) is 13.1. The predicted octanol–water partition coefficient (Wildman–Crippen LogP) is 2.79. The third-order valence-electron chi connectivity index (χ3n) is 3.98. The molecule has 30 heavy (non-hydrogen) atoms. The molecular formula is C20H18BrN3O5S. The van der Waals surface area contributed by atoms with Crippen molar-refractivity contribution < 1.29 is 23.4 Å². The molecule has 0 bridgehead atoms. The second-order valence-corrected chi connectivity index (χ2v) is 7.62. The first-order chi connectivity index (χ1) is 13.7. The Morgan fingerprint density at radius 1 is 1.00 bits per heavy atom. The van der Waals surface area contributed by atoms with E-state index in [4.69, 9.17) is 5.14 Å². The predicted molar refractivity (Wildman–Crippen MR) is 118 cm³/mol. The molecule has 2 aromatic carbocycles. The topological polar surface area (TPSA) is 143 Å². The fourth-order valence-electron chi connectivity index (χ4n) is 2.58. The molecule has 1 aromatic heterocycles. The van der Waals surface area contributed by atoms with Crippen LogP contribution in [0.5, 0.6) is 11.5 Å². The van der Waals surface area contributed by atoms with Gasteiger partial charge in [-0.15, -0.1) is 17.0 Å². The molecule has 10 heteroatoms. The highest BCUT2D eigenvalue weighted by molar-refractivity contribution is 8.93. The fourth-order valence-corrected chi connectivity index (χ4v) is 3.10. The van der Waals surface area contributed by atoms with Crippen molar-refractivity contribution in [1.29, 1.82) is 0 Å². The van der Waals surface area contributed by atoms with Crippen LogP contribution in [0.3, 0.4) is 0 Å². The molecule has 8 nitrogen and oxygen atoms in total. The molecule has 0 saturated carbocycles. The van der Waals surface area contributed by atoms with E-state index in [2.05, 4.69) is 10.3 Å². The summed E-state index contributed by atoms with van der Waals surface area (Å²) in [5.41, 5.74) is 1.95. The van der Waals surface area contributed by atoms with Gasteiger partial charge >= 0.3 is 0 Å². The lowest BCUT2D eigenvalue weighted by Crippen LogP contribution is -2.13. The number of hydrogen-bond acceptors (Lipinski definition) is 6. The molecule has 0 atom stereocenters. The van der Waals surface area contributed by atoms with Crippen LogP contribution in [0.1, 0.15) is 11.1 Å². The minimum atomic E-state index is -3.82. The summed E-state index contributed by atoms with van der Waals surface area (Å²) >= 11 is 0. The van der Waals surface area contributed by atoms with E-state index >= 15 is 0 Å². The van der Waals surface area contributed by atoms with Gasteiger partial charge in [0.1, 0.15) is 0 Å². The zero-order valence-corrected chi connectivity index (χ0v) is 17.9. The second-order valence-electron chi connectivity index (χ2n) is 6.06. The van der Waals surface area contributed by atoms with E-state index in [1.165, 1.54) is 42.5 Å². The van der Waals surface area contributed by atoms with Gasteiger partial charge in [0.2, 0.25) is 15.9 Å². The average molecular weight is 492 g/mol. The number of phenolic OH excluding ortho intramolecular Hbond substituents is 2. The summed E-state index contributed by atoms with van der Waals surface area (Å²) < 4.78 is 22.6. The summed E-state index contributed by atoms with van der Waals surface area (Å²) in [6.07, 6.45) is 4.46. The molecule has 5 N–H and O–H groups in total. The van der Waals surface area contributed by atoms with E-state index in [1.807, 2.05) is 0 Å². The Morgan fingerprint density at radius 2 is 1.70 bits per heavy atom. The Balaban J connectivity index is 0.00000320. The van der Waals surface area contributed by atoms with Crippen molar-refractivity contribution in [1.82, 2.24) is 4.98 Å². The molecule has 3 rings (SSSR count). The average Bonchev–Trinajstić information content (AvgIpc) is 2.69. The first kappa shape index (κ1) is 23.1. The number of anilines is 1. The number of aromatic hydroxyl groups is 2. The number of halogens is 1. The summed E-state index contributed by atoms with van der Waals surface area (Å²) in [6.45, 7) is 0. The third kappa shape index (κ3) is 5.66. The quantitative estimate of drug-likeness (QED) is 0.319. The molecular weight excluding hydrogens is 474 g/mol. The smallest absolute Gasteiger partial charge is 0.249 e. The molecule has 0 fully saturated rings. The number of nitrogens with two attached hydrogens (primary N) is 1. The van der Waals surface area contributed by atoms with Crippen molar-refractivity contribution in [2.75, 3.05) is 5.32 Å². The number of phenols is 2. The van der Waals surface area contributed by atoms with Crippen LogP contribution in [0, 0.1) is 0 Å². The number of aromatic nitrogens is 1. The summed E-state index contributed by atoms with van der Waals surface area (Å²) in [5.74, 6) is -1.09. The molecule has 0 aliphatic rings. The van der Waals surface area contributed by atoms with Gasteiger partial charge in [-0.3, -0.25) is 9.78 Å². The number of nitrogens with one attached hydrogen (secondary N) is 1. The molecule has 0 unspecified atom stereocenters. The highest BCUT2D eigenvalue weighted by Gasteiger charge is 2.12. The Morgan fingerprint density at radius 3 is 2.27 bits per heavy atom. The Labute approximate surface area is 183 Å². The fraction of sp³-hybridized carbons (Fsp3) is 0. The summed E-state index contributed by atoms with van der Waals surface area (Å²) in [5, 5.41) is 27.0. The number of benzene rings is 2. The van der Waals surface area contributed by atoms with Gasteiger partial charge in [0.15, 0.2) is 11.5 Å². The lowest BCUT2D eigenvalue weighted by atomic mass is 9.98. The number of rotatable bonds is 5. The van der Waals surface area contributed by atoms with Crippen LogP contribution in [0.4, 0.5) is 5.69 Å². The van der Waals surface area contributed by atoms with E-state index in [9.17, 15) is 23.4 Å². The van der Waals surface area contributed by atoms with Crippen molar-refractivity contribution >= 4 is 44.2 Å². The molecule has 3 aromatic rings. The number of hydrogen-bond donors (Lipinski definition) is 4. The highest BCUT2D eigenvalue weighted by atomic mass is 79.9. The molecule has 1 amide bonds. The Kier molecular flexibility index (Phi) is 7.33. The maximum atomic E-state index is 12.5. The van der Waals surface area contributed by atoms with Crippen LogP contribution in [0.15, 0.2) is 78.0 Å². The van der Waals surface area contributed by atoms with Crippen LogP contribution in [-0.2, 0) is 14.8 Å². The number of pyridine rings is 1. The van der Waals surface area contributed by atoms with Crippen LogP contribution in [0.25, 0.3) is 5.57 Å². The van der Waals surface area contributed by atoms with Crippen LogP contribution in [-0.4, -0.2) is 29.5 Å². The first-order valence-corrected chi connectivity index (χ1v) is 9.87. The molecule has 0 aliphatic heterocycles. The van der Waals surface area contributed by atoms with Crippen molar-refractivity contribution in [2.45, 2.75) is 4.90 Å². The molecule has 0 aliphatic carbocycles. The van der Waals surface area contributed by atoms with Gasteiger partial charge in [0.05, 0.1) is 4.90 Å². The van der Waals surface area contributed by atoms with Gasteiger partial charge < -0.3 is 15.5 Å². The zero-order chi connectivity index (χ0) is 21.0. The highest BCUT2D eigenvalue weighted by Crippen LogP contribution is 2.31. The van der Waals surface area contributed by atoms with Crippen LogP contribution in [0.2, 0.25) is 0 Å². The standard InChI is InChI=1S/C20H17N3O5S.BrH/c21-29(27,28)16-6-4-15(5-7-16)23-20(26)11-17(14-2-1-9-22-12-14)13-3-8-18(24)19(25)10-13;/h1-12,24-25H,(H,23,26)(H2,21,27,28);1H/b17-11-;. The molecule has 0 radical (unpaired) electrons. The van der Waals surface area contributed by atoms with E-state index in [-0.39, 0.29) is 33.4 Å². The molecule has 0 saturated heterocycles. The molecule has 156 valence electrons. The third-order valence-corrected chi connectivity index (χ3v) is 4.91. The monoisotopic (exact) mass is 491 g/mol. The van der Waals surface area contributed by atoms with Gasteiger partial charge in [-0.05, 0) is 53.6 Å². The van der Waals surface area contributed by atoms with Crippen molar-refractivity contribution in [2.24, 2.45) is 5.14 Å².